The Morgan fingerprint density at radius 1 is 0.295 bits per heavy atom. The van der Waals surface area contributed by atoms with E-state index in [2.05, 4.69) is 95.0 Å². The van der Waals surface area contributed by atoms with E-state index >= 15 is 0 Å². The van der Waals surface area contributed by atoms with Gasteiger partial charge < -0.3 is 0 Å². The lowest BCUT2D eigenvalue weighted by Crippen LogP contribution is -2.07. The highest BCUT2D eigenvalue weighted by Crippen LogP contribution is 2.37. The highest BCUT2D eigenvalue weighted by atomic mass is 16.1. The molecular formula is C54H40N20O4. The molecular weight excluding hydrogens is 993 g/mol. The molecule has 16 rings (SSSR count). The Hall–Kier alpha value is -10.5. The van der Waals surface area contributed by atoms with Crippen molar-refractivity contribution >= 4 is 46.2 Å². The van der Waals surface area contributed by atoms with Crippen molar-refractivity contribution in [2.75, 3.05) is 0 Å². The Morgan fingerprint density at radius 3 is 0.872 bits per heavy atom. The predicted octanol–water partition coefficient (Wildman–Crippen LogP) is 5.95. The molecule has 0 saturated heterocycles. The van der Waals surface area contributed by atoms with E-state index in [4.69, 9.17) is 0 Å². The molecule has 4 aliphatic carbocycles. The molecule has 0 saturated carbocycles. The number of fused-ring (bicyclic) bond motifs is 16. The lowest BCUT2D eigenvalue weighted by atomic mass is 10.1. The summed E-state index contributed by atoms with van der Waals surface area (Å²) in [6.45, 7) is 8.07. The number of hydrogen-bond acceptors (Lipinski definition) is 20. The number of nitrogens with zero attached hydrogens (tertiary/aromatic N) is 20. The maximum atomic E-state index is 12.4. The fourth-order valence-corrected chi connectivity index (χ4v) is 9.72. The third kappa shape index (κ3) is 7.43. The van der Waals surface area contributed by atoms with Gasteiger partial charge in [0.05, 0.1) is 0 Å². The summed E-state index contributed by atoms with van der Waals surface area (Å²) in [4.78, 5) is 66.7. The molecule has 12 aromatic rings. The minimum Gasteiger partial charge on any atom is -0.287 e. The first kappa shape index (κ1) is 47.2. The summed E-state index contributed by atoms with van der Waals surface area (Å²) in [5.74, 6) is 4.22. The van der Waals surface area contributed by atoms with Gasteiger partial charge in [0.1, 0.15) is 34.2 Å². The zero-order chi connectivity index (χ0) is 53.3. The van der Waals surface area contributed by atoms with E-state index < -0.39 is 0 Å². The van der Waals surface area contributed by atoms with Crippen molar-refractivity contribution in [3.63, 3.8) is 0 Å². The molecule has 0 bridgehead atoms. The molecule has 0 aliphatic heterocycles. The first-order chi connectivity index (χ1) is 38.2. The van der Waals surface area contributed by atoms with Gasteiger partial charge >= 0.3 is 0 Å². The topological polar surface area (TPSA) is 292 Å². The number of ketones is 4. The van der Waals surface area contributed by atoms with Crippen LogP contribution < -0.4 is 0 Å². The molecule has 0 spiro atoms. The van der Waals surface area contributed by atoms with Crippen molar-refractivity contribution in [1.82, 2.24) is 99.2 Å². The summed E-state index contributed by atoms with van der Waals surface area (Å²) >= 11 is 0. The van der Waals surface area contributed by atoms with E-state index in [-0.39, 0.29) is 23.1 Å². The first-order valence-corrected chi connectivity index (χ1v) is 25.2. The van der Waals surface area contributed by atoms with Crippen LogP contribution in [0.2, 0.25) is 0 Å². The molecule has 24 heteroatoms. The molecule has 24 nitrogen and oxygen atoms in total. The SMILES string of the molecule is CCCc1nnc2nc3c(nn12)-c1ccccc1C3=O.CCCc1nnc2nc3c(nn12)C(=O)c1ccccc1-3.CCc1nnc2nc3c(nn12)-c1ccccc1C3=O.CCc1nnc2nc3c(nn12)C(=O)c1ccccc1-3. The molecule has 380 valence electrons. The molecule has 0 atom stereocenters. The van der Waals surface area contributed by atoms with Crippen molar-refractivity contribution in [2.45, 2.75) is 66.2 Å². The van der Waals surface area contributed by atoms with Gasteiger partial charge in [-0.1, -0.05) is 125 Å². The molecule has 8 heterocycles. The van der Waals surface area contributed by atoms with Gasteiger partial charge in [-0.05, 0) is 12.8 Å². The van der Waals surface area contributed by atoms with E-state index in [0.29, 0.717) is 110 Å². The molecule has 0 unspecified atom stereocenters. The number of hydrogen-bond donors (Lipinski definition) is 0. The lowest BCUT2D eigenvalue weighted by Gasteiger charge is -2.00. The fraction of sp³-hybridized carbons (Fsp3) is 0.185. The van der Waals surface area contributed by atoms with Crippen molar-refractivity contribution in [1.29, 1.82) is 0 Å². The average Bonchev–Trinajstić information content (AvgIpc) is 4.58. The van der Waals surface area contributed by atoms with Crippen LogP contribution >= 0.6 is 0 Å². The van der Waals surface area contributed by atoms with Crippen LogP contribution in [0.4, 0.5) is 0 Å². The van der Waals surface area contributed by atoms with Gasteiger partial charge in [-0.3, -0.25) is 19.2 Å². The van der Waals surface area contributed by atoms with Crippen molar-refractivity contribution < 1.29 is 19.2 Å². The van der Waals surface area contributed by atoms with Gasteiger partial charge in [0.2, 0.25) is 23.1 Å². The second-order valence-electron chi connectivity index (χ2n) is 18.3. The van der Waals surface area contributed by atoms with Crippen LogP contribution in [0.25, 0.3) is 68.1 Å². The summed E-state index contributed by atoms with van der Waals surface area (Å²) in [5.41, 5.74) is 9.84. The van der Waals surface area contributed by atoms with Crippen LogP contribution in [-0.4, -0.2) is 122 Å². The zero-order valence-electron chi connectivity index (χ0n) is 42.1. The largest absolute Gasteiger partial charge is 0.287 e. The van der Waals surface area contributed by atoms with Crippen LogP contribution in [0.3, 0.4) is 0 Å². The maximum Gasteiger partial charge on any atom is 0.272 e. The molecule has 4 aliphatic rings. The number of carbonyl (C=O) groups excluding carboxylic acids is 4. The van der Waals surface area contributed by atoms with Crippen molar-refractivity contribution in [3.05, 3.63) is 165 Å². The average molecular weight is 1030 g/mol. The smallest absolute Gasteiger partial charge is 0.272 e. The van der Waals surface area contributed by atoms with Crippen LogP contribution in [0.5, 0.6) is 0 Å². The minimum atomic E-state index is -0.0957. The summed E-state index contributed by atoms with van der Waals surface area (Å²) in [5, 5.41) is 50.0. The predicted molar refractivity (Wildman–Crippen MR) is 277 cm³/mol. The zero-order valence-corrected chi connectivity index (χ0v) is 42.1. The third-order valence-corrected chi connectivity index (χ3v) is 13.4. The highest BCUT2D eigenvalue weighted by molar-refractivity contribution is 6.22. The molecule has 8 aromatic heterocycles. The van der Waals surface area contributed by atoms with E-state index in [1.54, 1.807) is 42.3 Å². The first-order valence-electron chi connectivity index (χ1n) is 25.2. The van der Waals surface area contributed by atoms with Crippen LogP contribution in [-0.2, 0) is 25.7 Å². The maximum absolute atomic E-state index is 12.4. The summed E-state index contributed by atoms with van der Waals surface area (Å²) in [6, 6.07) is 29.7. The Bertz CT molecular complexity index is 4520. The summed E-state index contributed by atoms with van der Waals surface area (Å²) in [7, 11) is 0. The Kier molecular flexibility index (Phi) is 11.3. The van der Waals surface area contributed by atoms with Crippen molar-refractivity contribution in [3.8, 4) is 45.0 Å². The van der Waals surface area contributed by atoms with Crippen LogP contribution in [0.15, 0.2) is 97.1 Å². The lowest BCUT2D eigenvalue weighted by molar-refractivity contribution is 0.103. The number of aryl methyl sites for hydroxylation is 4. The molecule has 0 radical (unpaired) electrons. The normalized spacial score (nSPS) is 12.8. The molecule has 78 heavy (non-hydrogen) atoms. The van der Waals surface area contributed by atoms with E-state index in [9.17, 15) is 19.2 Å². The summed E-state index contributed by atoms with van der Waals surface area (Å²) in [6.07, 6.45) is 4.84. The monoisotopic (exact) mass is 1030 g/mol. The molecule has 0 fully saturated rings. The quantitative estimate of drug-likeness (QED) is 0.186. The number of rotatable bonds is 6. The van der Waals surface area contributed by atoms with Gasteiger partial charge in [0, 0.05) is 70.2 Å². The van der Waals surface area contributed by atoms with Gasteiger partial charge in [-0.15, -0.1) is 40.8 Å². The van der Waals surface area contributed by atoms with Crippen LogP contribution in [0, 0.1) is 0 Å². The molecule has 0 N–H and O–H groups in total. The number of benzene rings is 4. The Balaban J connectivity index is 0.0000000989. The van der Waals surface area contributed by atoms with Gasteiger partial charge in [0.15, 0.2) is 34.7 Å². The highest BCUT2D eigenvalue weighted by Gasteiger charge is 2.34. The molecule has 4 aromatic carbocycles. The Morgan fingerprint density at radius 2 is 0.551 bits per heavy atom. The second-order valence-corrected chi connectivity index (χ2v) is 18.3. The standard InChI is InChI=1S/2C14H11N5O.2C13H9N5O/c1-2-5-10-16-17-14-15-12-11(18-19(10)14)8-6-3-4-7-9(8)13(12)20;1-2-5-10-16-17-14-15-11-8-6-3-4-7-9(8)13(20)12(11)18-19(10)14;1-2-9-15-16-13-14-11-10(17-18(9)13)7-5-3-4-6-8(7)12(11)19;1-2-9-15-16-13-14-10-7-5-3-4-6-8(7)12(19)11(10)17-18(9)13/h2*3-4,6-7H,2,5H2,1H3;2*3-6H,2H2,1H3. The minimum absolute atomic E-state index is 0.0823. The fourth-order valence-electron chi connectivity index (χ4n) is 9.72. The van der Waals surface area contributed by atoms with E-state index in [1.807, 2.05) is 86.6 Å². The van der Waals surface area contributed by atoms with E-state index in [1.165, 1.54) is 0 Å². The van der Waals surface area contributed by atoms with Crippen LogP contribution in [0.1, 0.15) is 128 Å². The van der Waals surface area contributed by atoms with Crippen molar-refractivity contribution in [2.24, 2.45) is 0 Å². The second kappa shape index (κ2) is 18.7. The number of aromatic nitrogens is 20. The van der Waals surface area contributed by atoms with Gasteiger partial charge in [-0.2, -0.15) is 38.5 Å². The summed E-state index contributed by atoms with van der Waals surface area (Å²) < 4.78 is 6.36. The number of carbonyl (C=O) groups is 4. The van der Waals surface area contributed by atoms with E-state index in [0.717, 1.165) is 65.4 Å². The molecule has 0 amide bonds. The van der Waals surface area contributed by atoms with Gasteiger partial charge in [0.25, 0.3) is 23.1 Å². The Labute approximate surface area is 439 Å². The third-order valence-electron chi connectivity index (χ3n) is 13.4. The van der Waals surface area contributed by atoms with Gasteiger partial charge in [-0.25, -0.2) is 19.9 Å².